The maximum atomic E-state index is 11.3. The molecule has 3 aliphatic rings. The normalized spacial score (nSPS) is 24.5. The first-order valence-corrected chi connectivity index (χ1v) is 12.0. The summed E-state index contributed by atoms with van der Waals surface area (Å²) in [4.78, 5) is 15.8. The number of pyridine rings is 1. The van der Waals surface area contributed by atoms with E-state index in [9.17, 15) is 9.90 Å². The SMILES string of the molecule is Cc1ccccc1C1CCCc2ccc(COc3cc4c(cn3)[C@H]3[C@@H](C4)[C@@H]3C(=O)O)c(C)c21. The summed E-state index contributed by atoms with van der Waals surface area (Å²) in [6, 6.07) is 15.3. The Kier molecular flexibility index (Phi) is 4.79. The fourth-order valence-corrected chi connectivity index (χ4v) is 6.45. The Hall–Kier alpha value is -3.14. The molecule has 4 atom stereocenters. The first-order chi connectivity index (χ1) is 16.0. The quantitative estimate of drug-likeness (QED) is 0.553. The van der Waals surface area contributed by atoms with E-state index in [1.165, 1.54) is 51.8 Å². The van der Waals surface area contributed by atoms with Crippen molar-refractivity contribution in [1.82, 2.24) is 4.98 Å². The van der Waals surface area contributed by atoms with Crippen LogP contribution in [-0.4, -0.2) is 16.1 Å². The number of aromatic nitrogens is 1. The standard InChI is InChI=1S/C29H29NO3/c1-16-6-3-4-8-21(16)22-9-5-7-18-10-11-19(17(2)26(18)22)15-33-25-13-20-12-23-27(24(20)14-30-25)28(23)29(31)32/h3-4,6,8,10-11,13-14,22-23,27-28H,5,7,9,12,15H2,1-2H3,(H,31,32)/t22?,23-,27-,28+/m1/s1. The molecule has 0 radical (unpaired) electrons. The highest BCUT2D eigenvalue weighted by Crippen LogP contribution is 2.61. The van der Waals surface area contributed by atoms with Gasteiger partial charge in [-0.1, -0.05) is 36.4 Å². The molecule has 1 saturated carbocycles. The molecule has 0 aliphatic heterocycles. The van der Waals surface area contributed by atoms with Gasteiger partial charge in [0.2, 0.25) is 5.88 Å². The van der Waals surface area contributed by atoms with Gasteiger partial charge in [-0.15, -0.1) is 0 Å². The van der Waals surface area contributed by atoms with Crippen molar-refractivity contribution in [3.63, 3.8) is 0 Å². The lowest BCUT2D eigenvalue weighted by atomic mass is 9.75. The molecular formula is C29H29NO3. The number of aliphatic carboxylic acids is 1. The minimum Gasteiger partial charge on any atom is -0.481 e. The largest absolute Gasteiger partial charge is 0.481 e. The molecule has 1 aromatic heterocycles. The molecule has 0 amide bonds. The van der Waals surface area contributed by atoms with E-state index in [1.54, 1.807) is 0 Å². The maximum absolute atomic E-state index is 11.3. The van der Waals surface area contributed by atoms with Gasteiger partial charge in [0.05, 0.1) is 5.92 Å². The van der Waals surface area contributed by atoms with Crippen LogP contribution >= 0.6 is 0 Å². The molecule has 4 heteroatoms. The van der Waals surface area contributed by atoms with E-state index < -0.39 is 5.97 Å². The van der Waals surface area contributed by atoms with Gasteiger partial charge in [-0.3, -0.25) is 4.79 Å². The van der Waals surface area contributed by atoms with Crippen molar-refractivity contribution < 1.29 is 14.6 Å². The topological polar surface area (TPSA) is 59.4 Å². The lowest BCUT2D eigenvalue weighted by molar-refractivity contribution is -0.139. The second-order valence-corrected chi connectivity index (χ2v) is 9.99. The fourth-order valence-electron chi connectivity index (χ4n) is 6.45. The van der Waals surface area contributed by atoms with Crippen LogP contribution in [0.2, 0.25) is 0 Å². The number of ether oxygens (including phenoxy) is 1. The highest BCUT2D eigenvalue weighted by atomic mass is 16.5. The summed E-state index contributed by atoms with van der Waals surface area (Å²) >= 11 is 0. The minimum absolute atomic E-state index is 0.153. The molecule has 0 saturated heterocycles. The number of hydrogen-bond donors (Lipinski definition) is 1. The Morgan fingerprint density at radius 1 is 1.12 bits per heavy atom. The number of carboxylic acid groups (broad SMARTS) is 1. The number of carboxylic acids is 1. The van der Waals surface area contributed by atoms with E-state index in [0.717, 1.165) is 18.4 Å². The summed E-state index contributed by atoms with van der Waals surface area (Å²) in [7, 11) is 0. The van der Waals surface area contributed by atoms with E-state index in [4.69, 9.17) is 4.74 Å². The minimum atomic E-state index is -0.678. The van der Waals surface area contributed by atoms with Gasteiger partial charge in [0.1, 0.15) is 6.61 Å². The smallest absolute Gasteiger partial charge is 0.307 e. The van der Waals surface area contributed by atoms with Gasteiger partial charge < -0.3 is 9.84 Å². The average molecular weight is 440 g/mol. The van der Waals surface area contributed by atoms with E-state index >= 15 is 0 Å². The number of benzene rings is 2. The molecule has 0 spiro atoms. The van der Waals surface area contributed by atoms with Crippen molar-refractivity contribution in [2.45, 2.75) is 58.0 Å². The van der Waals surface area contributed by atoms with Gasteiger partial charge in [0.15, 0.2) is 0 Å². The molecule has 33 heavy (non-hydrogen) atoms. The zero-order valence-corrected chi connectivity index (χ0v) is 19.2. The van der Waals surface area contributed by atoms with Crippen molar-refractivity contribution in [3.05, 3.63) is 93.2 Å². The number of carbonyl (C=O) groups is 1. The van der Waals surface area contributed by atoms with Crippen LogP contribution < -0.4 is 4.74 Å². The van der Waals surface area contributed by atoms with Gasteiger partial charge in [0.25, 0.3) is 0 Å². The van der Waals surface area contributed by atoms with Crippen LogP contribution in [0.15, 0.2) is 48.7 Å². The molecule has 6 rings (SSSR count). The van der Waals surface area contributed by atoms with Crippen molar-refractivity contribution in [2.24, 2.45) is 11.8 Å². The first-order valence-electron chi connectivity index (χ1n) is 12.0. The van der Waals surface area contributed by atoms with Crippen LogP contribution in [0.25, 0.3) is 0 Å². The van der Waals surface area contributed by atoms with Gasteiger partial charge in [-0.05, 0) is 90.0 Å². The van der Waals surface area contributed by atoms with Crippen LogP contribution in [0.5, 0.6) is 5.88 Å². The molecule has 1 N–H and O–H groups in total. The molecule has 4 nitrogen and oxygen atoms in total. The van der Waals surface area contributed by atoms with Crippen LogP contribution in [-0.2, 0) is 24.2 Å². The maximum Gasteiger partial charge on any atom is 0.307 e. The zero-order valence-electron chi connectivity index (χ0n) is 19.2. The number of hydrogen-bond acceptors (Lipinski definition) is 3. The first kappa shape index (κ1) is 20.5. The number of fused-ring (bicyclic) bond motifs is 4. The summed E-state index contributed by atoms with van der Waals surface area (Å²) in [6.45, 7) is 4.95. The van der Waals surface area contributed by atoms with E-state index in [-0.39, 0.29) is 17.8 Å². The lowest BCUT2D eigenvalue weighted by Gasteiger charge is -2.30. The molecule has 3 aliphatic carbocycles. The van der Waals surface area contributed by atoms with E-state index in [1.807, 2.05) is 12.3 Å². The predicted molar refractivity (Wildman–Crippen MR) is 127 cm³/mol. The summed E-state index contributed by atoms with van der Waals surface area (Å²) < 4.78 is 6.15. The highest BCUT2D eigenvalue weighted by molar-refractivity contribution is 5.77. The second-order valence-electron chi connectivity index (χ2n) is 9.99. The summed E-state index contributed by atoms with van der Waals surface area (Å²) in [5.74, 6) is 0.584. The van der Waals surface area contributed by atoms with Crippen molar-refractivity contribution in [3.8, 4) is 5.88 Å². The van der Waals surface area contributed by atoms with Gasteiger partial charge in [0, 0.05) is 24.1 Å². The Bertz CT molecular complexity index is 1260. The summed E-state index contributed by atoms with van der Waals surface area (Å²) in [5, 5.41) is 9.32. The van der Waals surface area contributed by atoms with Gasteiger partial charge in [-0.2, -0.15) is 0 Å². The van der Waals surface area contributed by atoms with Crippen LogP contribution in [0, 0.1) is 25.7 Å². The third-order valence-corrected chi connectivity index (χ3v) is 8.21. The Balaban J connectivity index is 1.24. The fraction of sp³-hybridized carbons (Fsp3) is 0.379. The molecule has 1 unspecified atom stereocenters. The Morgan fingerprint density at radius 3 is 2.79 bits per heavy atom. The average Bonchev–Trinajstić information content (AvgIpc) is 3.41. The second kappa shape index (κ2) is 7.72. The molecule has 168 valence electrons. The molecule has 1 fully saturated rings. The highest BCUT2D eigenvalue weighted by Gasteiger charge is 2.59. The number of rotatable bonds is 5. The predicted octanol–water partition coefficient (Wildman–Crippen LogP) is 5.72. The van der Waals surface area contributed by atoms with E-state index in [0.29, 0.717) is 18.4 Å². The van der Waals surface area contributed by atoms with Crippen molar-refractivity contribution in [2.75, 3.05) is 0 Å². The molecule has 1 heterocycles. The molecule has 0 bridgehead atoms. The number of nitrogens with zero attached hydrogens (tertiary/aromatic N) is 1. The lowest BCUT2D eigenvalue weighted by Crippen LogP contribution is -2.15. The van der Waals surface area contributed by atoms with Gasteiger partial charge in [-0.25, -0.2) is 4.98 Å². The third-order valence-electron chi connectivity index (χ3n) is 8.21. The number of aryl methyl sites for hydroxylation is 2. The summed E-state index contributed by atoms with van der Waals surface area (Å²) in [5.41, 5.74) is 10.6. The Labute approximate surface area is 194 Å². The van der Waals surface area contributed by atoms with Crippen molar-refractivity contribution >= 4 is 5.97 Å². The zero-order chi connectivity index (χ0) is 22.7. The summed E-state index contributed by atoms with van der Waals surface area (Å²) in [6.07, 6.45) is 6.23. The van der Waals surface area contributed by atoms with E-state index in [2.05, 4.69) is 55.2 Å². The molecule has 3 aromatic rings. The molecule has 2 aromatic carbocycles. The van der Waals surface area contributed by atoms with Gasteiger partial charge >= 0.3 is 5.97 Å². The Morgan fingerprint density at radius 2 is 1.97 bits per heavy atom. The van der Waals surface area contributed by atoms with Crippen LogP contribution in [0.3, 0.4) is 0 Å². The van der Waals surface area contributed by atoms with Crippen molar-refractivity contribution in [1.29, 1.82) is 0 Å². The third kappa shape index (κ3) is 3.35. The monoisotopic (exact) mass is 439 g/mol. The molecular weight excluding hydrogens is 410 g/mol. The van der Waals surface area contributed by atoms with Crippen LogP contribution in [0.1, 0.15) is 69.2 Å². The van der Waals surface area contributed by atoms with Crippen LogP contribution in [0.4, 0.5) is 0 Å².